The zero-order chi connectivity index (χ0) is 17.1. The van der Waals surface area contributed by atoms with E-state index in [1.54, 1.807) is 0 Å². The Morgan fingerprint density at radius 1 is 1.36 bits per heavy atom. The van der Waals surface area contributed by atoms with E-state index >= 15 is 0 Å². The normalized spacial score (nSPS) is 11.8. The summed E-state index contributed by atoms with van der Waals surface area (Å²) in [6, 6.07) is 1.48. The first-order valence-electron chi connectivity index (χ1n) is 5.34. The average molecular weight is 332 g/mol. The first-order chi connectivity index (χ1) is 10.1. The summed E-state index contributed by atoms with van der Waals surface area (Å²) in [5.74, 6) is -1.03. The molecule has 0 aliphatic heterocycles. The first-order valence-corrected chi connectivity index (χ1v) is 6.78. The van der Waals surface area contributed by atoms with Crippen LogP contribution in [0.25, 0.3) is 0 Å². The van der Waals surface area contributed by atoms with Gasteiger partial charge in [0.2, 0.25) is 5.96 Å². The highest BCUT2D eigenvalue weighted by Crippen LogP contribution is 2.37. The number of methoxy groups -OCH3 is 1. The minimum Gasteiger partial charge on any atom is -0.494 e. The number of ether oxygens (including phenoxy) is 1. The van der Waals surface area contributed by atoms with Gasteiger partial charge in [-0.3, -0.25) is 14.7 Å². The molecule has 120 valence electrons. The van der Waals surface area contributed by atoms with Gasteiger partial charge in [-0.25, -0.2) is 4.99 Å². The number of rotatable bonds is 4. The predicted molar refractivity (Wildman–Crippen MR) is 76.6 cm³/mol. The third kappa shape index (κ3) is 4.03. The van der Waals surface area contributed by atoms with E-state index in [0.717, 1.165) is 6.07 Å². The smallest absolute Gasteiger partial charge is 0.301 e. The summed E-state index contributed by atoms with van der Waals surface area (Å²) in [5.41, 5.74) is 14.4. The predicted octanol–water partition coefficient (Wildman–Crippen LogP) is -0.930. The van der Waals surface area contributed by atoms with Gasteiger partial charge >= 0.3 is 10.1 Å². The number of nitro groups is 1. The number of nitrogens with two attached hydrogens (primary N) is 3. The molecule has 12 nitrogen and oxygen atoms in total. The number of hydrogen-bond acceptors (Lipinski definition) is 6. The fourth-order valence-electron chi connectivity index (χ4n) is 1.42. The van der Waals surface area contributed by atoms with Crippen molar-refractivity contribution in [1.82, 2.24) is 0 Å². The number of hydrogen-bond donors (Lipinski definition) is 4. The van der Waals surface area contributed by atoms with Gasteiger partial charge in [0, 0.05) is 0 Å². The maximum Gasteiger partial charge on any atom is 0.301 e. The molecule has 0 aliphatic carbocycles. The highest BCUT2D eigenvalue weighted by atomic mass is 32.2. The van der Waals surface area contributed by atoms with Gasteiger partial charge in [-0.1, -0.05) is 0 Å². The van der Waals surface area contributed by atoms with E-state index in [-0.39, 0.29) is 11.4 Å². The Kier molecular flexibility index (Phi) is 4.85. The van der Waals surface area contributed by atoms with Crippen molar-refractivity contribution in [3.05, 3.63) is 22.2 Å². The van der Waals surface area contributed by atoms with Gasteiger partial charge in [0.25, 0.3) is 5.69 Å². The van der Waals surface area contributed by atoms with E-state index in [1.165, 1.54) is 7.11 Å². The molecule has 0 aromatic heterocycles. The van der Waals surface area contributed by atoms with E-state index in [0.29, 0.717) is 6.07 Å². The lowest BCUT2D eigenvalue weighted by Crippen LogP contribution is -2.26. The van der Waals surface area contributed by atoms with Crippen LogP contribution in [0.2, 0.25) is 0 Å². The summed E-state index contributed by atoms with van der Waals surface area (Å²) in [5, 5.41) is 10.9. The Labute approximate surface area is 124 Å². The minimum atomic E-state index is -4.88. The Morgan fingerprint density at radius 2 is 1.95 bits per heavy atom. The SMILES string of the molecule is COc1cc([N+](=O)[O-])c(S(=O)(=O)O)cc1N=C(N)N=C(N)N. The van der Waals surface area contributed by atoms with Crippen molar-refractivity contribution in [1.29, 1.82) is 0 Å². The topological polar surface area (TPSA) is 210 Å². The lowest BCUT2D eigenvalue weighted by atomic mass is 10.2. The maximum absolute atomic E-state index is 11.2. The van der Waals surface area contributed by atoms with Crippen molar-refractivity contribution in [3.63, 3.8) is 0 Å². The number of nitrogens with zero attached hydrogens (tertiary/aromatic N) is 3. The molecule has 0 atom stereocenters. The van der Waals surface area contributed by atoms with Crippen LogP contribution >= 0.6 is 0 Å². The lowest BCUT2D eigenvalue weighted by molar-refractivity contribution is -0.387. The average Bonchev–Trinajstić information content (AvgIpc) is 2.35. The zero-order valence-corrected chi connectivity index (χ0v) is 11.9. The van der Waals surface area contributed by atoms with E-state index in [9.17, 15) is 18.5 Å². The fraction of sp³-hybridized carbons (Fsp3) is 0.111. The molecule has 0 radical (unpaired) electrons. The highest BCUT2D eigenvalue weighted by molar-refractivity contribution is 7.86. The number of guanidine groups is 2. The van der Waals surface area contributed by atoms with Crippen LogP contribution in [0.5, 0.6) is 5.75 Å². The Bertz CT molecular complexity index is 767. The molecule has 1 aromatic rings. The van der Waals surface area contributed by atoms with Crippen LogP contribution in [0, 0.1) is 10.1 Å². The summed E-state index contributed by atoms with van der Waals surface area (Å²) in [7, 11) is -3.71. The molecule has 0 bridgehead atoms. The molecule has 7 N–H and O–H groups in total. The number of benzene rings is 1. The Morgan fingerprint density at radius 3 is 2.36 bits per heavy atom. The summed E-state index contributed by atoms with van der Waals surface area (Å²) in [4.78, 5) is 16.0. The highest BCUT2D eigenvalue weighted by Gasteiger charge is 2.27. The molecule has 0 saturated heterocycles. The fourth-order valence-corrected chi connectivity index (χ4v) is 2.08. The summed E-state index contributed by atoms with van der Waals surface area (Å²) in [6.07, 6.45) is 0. The second-order valence-electron chi connectivity index (χ2n) is 3.73. The zero-order valence-electron chi connectivity index (χ0n) is 11.1. The molecule has 0 heterocycles. The van der Waals surface area contributed by atoms with E-state index in [1.807, 2.05) is 0 Å². The summed E-state index contributed by atoms with van der Waals surface area (Å²) >= 11 is 0. The molecule has 0 saturated carbocycles. The van der Waals surface area contributed by atoms with Crippen LogP contribution in [-0.4, -0.2) is 36.9 Å². The van der Waals surface area contributed by atoms with Crippen molar-refractivity contribution < 1.29 is 22.6 Å². The van der Waals surface area contributed by atoms with Crippen LogP contribution < -0.4 is 21.9 Å². The summed E-state index contributed by atoms with van der Waals surface area (Å²) < 4.78 is 36.4. The van der Waals surface area contributed by atoms with Crippen LogP contribution in [0.1, 0.15) is 0 Å². The van der Waals surface area contributed by atoms with Gasteiger partial charge in [0.15, 0.2) is 16.6 Å². The maximum atomic E-state index is 11.2. The molecular formula is C9H12N6O6S. The monoisotopic (exact) mass is 332 g/mol. The van der Waals surface area contributed by atoms with Crippen molar-refractivity contribution in [3.8, 4) is 5.75 Å². The molecule has 0 fully saturated rings. The second-order valence-corrected chi connectivity index (χ2v) is 5.12. The quantitative estimate of drug-likeness (QED) is 0.176. The molecule has 0 amide bonds. The van der Waals surface area contributed by atoms with Crippen molar-refractivity contribution in [2.24, 2.45) is 27.2 Å². The lowest BCUT2D eigenvalue weighted by Gasteiger charge is -2.07. The van der Waals surface area contributed by atoms with Crippen molar-refractivity contribution >= 4 is 33.4 Å². The van der Waals surface area contributed by atoms with Crippen molar-refractivity contribution in [2.45, 2.75) is 4.90 Å². The van der Waals surface area contributed by atoms with E-state index in [2.05, 4.69) is 9.98 Å². The first kappa shape index (κ1) is 17.1. The van der Waals surface area contributed by atoms with Crippen LogP contribution in [0.3, 0.4) is 0 Å². The molecule has 1 aromatic carbocycles. The van der Waals surface area contributed by atoms with Gasteiger partial charge in [-0.05, 0) is 6.07 Å². The molecule has 0 unspecified atom stereocenters. The molecule has 22 heavy (non-hydrogen) atoms. The van der Waals surface area contributed by atoms with E-state index in [4.69, 9.17) is 26.5 Å². The van der Waals surface area contributed by atoms with E-state index < -0.39 is 37.5 Å². The molecule has 0 aliphatic rings. The summed E-state index contributed by atoms with van der Waals surface area (Å²) in [6.45, 7) is 0. The third-order valence-corrected chi connectivity index (χ3v) is 3.10. The van der Waals surface area contributed by atoms with Crippen molar-refractivity contribution in [2.75, 3.05) is 7.11 Å². The van der Waals surface area contributed by atoms with Gasteiger partial charge < -0.3 is 21.9 Å². The molecule has 1 rings (SSSR count). The van der Waals surface area contributed by atoms with Crippen LogP contribution in [0.15, 0.2) is 27.0 Å². The van der Waals surface area contributed by atoms with Gasteiger partial charge in [-0.15, -0.1) is 0 Å². The van der Waals surface area contributed by atoms with Crippen LogP contribution in [0.4, 0.5) is 11.4 Å². The molecule has 0 spiro atoms. The van der Waals surface area contributed by atoms with Gasteiger partial charge in [-0.2, -0.15) is 13.4 Å². The van der Waals surface area contributed by atoms with Gasteiger partial charge in [0.1, 0.15) is 5.69 Å². The van der Waals surface area contributed by atoms with Crippen LogP contribution in [-0.2, 0) is 10.1 Å². The standard InChI is InChI=1S/C9H12N6O6S/c1-21-6-3-5(15(16)17)7(22(18,19)20)2-4(6)13-9(12)14-8(10)11/h2-3H,1H3,(H,18,19,20)(H6,10,11,12,13,14). The Hall–Kier alpha value is -2.93. The number of aliphatic imine (C=N–C) groups is 2. The third-order valence-electron chi connectivity index (χ3n) is 2.21. The largest absolute Gasteiger partial charge is 0.494 e. The second kappa shape index (κ2) is 6.23. The minimum absolute atomic E-state index is 0.173. The molecular weight excluding hydrogens is 320 g/mol. The van der Waals surface area contributed by atoms with Gasteiger partial charge in [0.05, 0.1) is 18.1 Å². The number of nitro benzene ring substituents is 1. The Balaban J connectivity index is 3.66. The molecule has 13 heteroatoms.